The van der Waals surface area contributed by atoms with Crippen molar-refractivity contribution in [2.45, 2.75) is 0 Å². The number of nitrogens with zero attached hydrogens (tertiary/aromatic N) is 1. The van der Waals surface area contributed by atoms with E-state index in [1.54, 1.807) is 20.3 Å². The number of aromatic nitrogens is 1. The molecule has 0 unspecified atom stereocenters. The molecule has 1 heterocycles. The number of carbonyl (C=O) groups is 1. The largest absolute Gasteiger partial charge is 0.493 e. The SMILES string of the molecule is COc1ccc(-c2cc(C(=O)Nc3cccc(Br)c3)c3ccccc3n2)cc1OC. The first kappa shape index (κ1) is 19.9. The molecule has 6 heteroatoms. The summed E-state index contributed by atoms with van der Waals surface area (Å²) in [5.41, 5.74) is 3.50. The first-order valence-corrected chi connectivity index (χ1v) is 10.1. The molecule has 0 spiro atoms. The highest BCUT2D eigenvalue weighted by molar-refractivity contribution is 9.10. The summed E-state index contributed by atoms with van der Waals surface area (Å²) in [7, 11) is 3.18. The van der Waals surface area contributed by atoms with Crippen molar-refractivity contribution in [2.75, 3.05) is 19.5 Å². The Morgan fingerprint density at radius 3 is 2.47 bits per heavy atom. The van der Waals surface area contributed by atoms with Crippen LogP contribution in [0.25, 0.3) is 22.2 Å². The summed E-state index contributed by atoms with van der Waals surface area (Å²) in [5.74, 6) is 1.04. The maximum absolute atomic E-state index is 13.1. The summed E-state index contributed by atoms with van der Waals surface area (Å²) < 4.78 is 11.6. The van der Waals surface area contributed by atoms with Crippen molar-refractivity contribution in [1.82, 2.24) is 4.98 Å². The van der Waals surface area contributed by atoms with E-state index in [9.17, 15) is 4.79 Å². The van der Waals surface area contributed by atoms with Crippen LogP contribution in [0.2, 0.25) is 0 Å². The van der Waals surface area contributed by atoms with E-state index in [4.69, 9.17) is 14.5 Å². The van der Waals surface area contributed by atoms with Crippen LogP contribution in [0.4, 0.5) is 5.69 Å². The number of halogens is 1. The first-order valence-electron chi connectivity index (χ1n) is 9.28. The monoisotopic (exact) mass is 462 g/mol. The van der Waals surface area contributed by atoms with Gasteiger partial charge in [0, 0.05) is 21.1 Å². The number of pyridine rings is 1. The number of methoxy groups -OCH3 is 2. The quantitative estimate of drug-likeness (QED) is 0.398. The lowest BCUT2D eigenvalue weighted by Crippen LogP contribution is -2.13. The number of nitrogens with one attached hydrogen (secondary N) is 1. The third-order valence-electron chi connectivity index (χ3n) is 4.72. The second-order valence-electron chi connectivity index (χ2n) is 6.61. The molecule has 5 nitrogen and oxygen atoms in total. The number of amides is 1. The van der Waals surface area contributed by atoms with Crippen LogP contribution in [0, 0.1) is 0 Å². The fourth-order valence-corrected chi connectivity index (χ4v) is 3.67. The van der Waals surface area contributed by atoms with Crippen LogP contribution in [0.5, 0.6) is 11.5 Å². The Morgan fingerprint density at radius 2 is 1.70 bits per heavy atom. The molecule has 0 aliphatic heterocycles. The number of ether oxygens (including phenoxy) is 2. The topological polar surface area (TPSA) is 60.5 Å². The van der Waals surface area contributed by atoms with Gasteiger partial charge in [-0.1, -0.05) is 40.2 Å². The molecule has 0 saturated heterocycles. The highest BCUT2D eigenvalue weighted by atomic mass is 79.9. The molecule has 1 aromatic heterocycles. The zero-order chi connectivity index (χ0) is 21.1. The molecular weight excluding hydrogens is 444 g/mol. The molecule has 0 atom stereocenters. The number of anilines is 1. The standard InChI is InChI=1S/C24H19BrN2O3/c1-29-22-11-10-15(12-23(22)30-2)21-14-19(18-8-3-4-9-20(18)27-21)24(28)26-17-7-5-6-16(25)13-17/h3-14H,1-2H3,(H,26,28). The van der Waals surface area contributed by atoms with Gasteiger partial charge in [-0.3, -0.25) is 4.79 Å². The van der Waals surface area contributed by atoms with Crippen LogP contribution in [0.1, 0.15) is 10.4 Å². The normalized spacial score (nSPS) is 10.6. The third kappa shape index (κ3) is 4.00. The maximum atomic E-state index is 13.1. The number of hydrogen-bond acceptors (Lipinski definition) is 4. The van der Waals surface area contributed by atoms with Crippen LogP contribution in [0.3, 0.4) is 0 Å². The maximum Gasteiger partial charge on any atom is 0.256 e. The average molecular weight is 463 g/mol. The lowest BCUT2D eigenvalue weighted by atomic mass is 10.0. The Morgan fingerprint density at radius 1 is 0.900 bits per heavy atom. The van der Waals surface area contributed by atoms with E-state index < -0.39 is 0 Å². The van der Waals surface area contributed by atoms with Gasteiger partial charge in [-0.05, 0) is 48.5 Å². The molecule has 0 bridgehead atoms. The van der Waals surface area contributed by atoms with E-state index in [2.05, 4.69) is 21.2 Å². The smallest absolute Gasteiger partial charge is 0.256 e. The van der Waals surface area contributed by atoms with E-state index >= 15 is 0 Å². The summed E-state index contributed by atoms with van der Waals surface area (Å²) in [6, 6.07) is 22.5. The lowest BCUT2D eigenvalue weighted by Gasteiger charge is -2.12. The minimum absolute atomic E-state index is 0.201. The first-order chi connectivity index (χ1) is 14.6. The molecule has 30 heavy (non-hydrogen) atoms. The van der Waals surface area contributed by atoms with Crippen molar-refractivity contribution in [3.63, 3.8) is 0 Å². The highest BCUT2D eigenvalue weighted by Crippen LogP contribution is 2.33. The van der Waals surface area contributed by atoms with Crippen molar-refractivity contribution in [1.29, 1.82) is 0 Å². The van der Waals surface area contributed by atoms with Gasteiger partial charge in [-0.25, -0.2) is 4.98 Å². The molecule has 0 aliphatic carbocycles. The van der Waals surface area contributed by atoms with Crippen molar-refractivity contribution in [2.24, 2.45) is 0 Å². The molecule has 3 aromatic carbocycles. The minimum Gasteiger partial charge on any atom is -0.493 e. The van der Waals surface area contributed by atoms with E-state index in [-0.39, 0.29) is 5.91 Å². The number of fused-ring (bicyclic) bond motifs is 1. The van der Waals surface area contributed by atoms with Crippen LogP contribution in [0.15, 0.2) is 77.3 Å². The molecule has 1 amide bonds. The summed E-state index contributed by atoms with van der Waals surface area (Å²) in [6.07, 6.45) is 0. The van der Waals surface area contributed by atoms with Crippen molar-refractivity contribution in [3.05, 3.63) is 82.8 Å². The van der Waals surface area contributed by atoms with Crippen molar-refractivity contribution >= 4 is 38.4 Å². The number of rotatable bonds is 5. The van der Waals surface area contributed by atoms with Gasteiger partial charge in [0.05, 0.1) is 31.0 Å². The number of para-hydroxylation sites is 1. The molecule has 4 aromatic rings. The summed E-state index contributed by atoms with van der Waals surface area (Å²) in [4.78, 5) is 17.9. The zero-order valence-electron chi connectivity index (χ0n) is 16.5. The van der Waals surface area contributed by atoms with E-state index in [1.807, 2.05) is 66.7 Å². The van der Waals surface area contributed by atoms with Crippen LogP contribution < -0.4 is 14.8 Å². The van der Waals surface area contributed by atoms with Gasteiger partial charge in [-0.2, -0.15) is 0 Å². The molecule has 0 fully saturated rings. The number of carbonyl (C=O) groups excluding carboxylic acids is 1. The molecule has 0 saturated carbocycles. The molecule has 0 radical (unpaired) electrons. The van der Waals surface area contributed by atoms with Crippen LogP contribution in [-0.2, 0) is 0 Å². The number of hydrogen-bond donors (Lipinski definition) is 1. The number of benzene rings is 3. The Bertz CT molecular complexity index is 1240. The van der Waals surface area contributed by atoms with E-state index in [0.717, 1.165) is 20.9 Å². The lowest BCUT2D eigenvalue weighted by molar-refractivity contribution is 0.102. The van der Waals surface area contributed by atoms with Gasteiger partial charge in [-0.15, -0.1) is 0 Å². The summed E-state index contributed by atoms with van der Waals surface area (Å²) in [6.45, 7) is 0. The van der Waals surface area contributed by atoms with Crippen LogP contribution in [-0.4, -0.2) is 25.1 Å². The van der Waals surface area contributed by atoms with Crippen molar-refractivity contribution < 1.29 is 14.3 Å². The fraction of sp³-hybridized carbons (Fsp3) is 0.0833. The van der Waals surface area contributed by atoms with Gasteiger partial charge in [0.15, 0.2) is 11.5 Å². The third-order valence-corrected chi connectivity index (χ3v) is 5.22. The fourth-order valence-electron chi connectivity index (χ4n) is 3.27. The predicted octanol–water partition coefficient (Wildman–Crippen LogP) is 5.93. The molecule has 150 valence electrons. The minimum atomic E-state index is -0.201. The second kappa shape index (κ2) is 8.55. The molecule has 4 rings (SSSR count). The van der Waals surface area contributed by atoms with E-state index in [1.165, 1.54) is 0 Å². The second-order valence-corrected chi connectivity index (χ2v) is 7.52. The molecular formula is C24H19BrN2O3. The van der Waals surface area contributed by atoms with Gasteiger partial charge in [0.2, 0.25) is 0 Å². The Balaban J connectivity index is 1.81. The molecule has 1 N–H and O–H groups in total. The highest BCUT2D eigenvalue weighted by Gasteiger charge is 2.15. The zero-order valence-corrected chi connectivity index (χ0v) is 18.1. The van der Waals surface area contributed by atoms with Crippen LogP contribution >= 0.6 is 15.9 Å². The average Bonchev–Trinajstić information content (AvgIpc) is 2.77. The van der Waals surface area contributed by atoms with Gasteiger partial charge in [0.25, 0.3) is 5.91 Å². The summed E-state index contributed by atoms with van der Waals surface area (Å²) >= 11 is 3.43. The Kier molecular flexibility index (Phi) is 5.68. The summed E-state index contributed by atoms with van der Waals surface area (Å²) in [5, 5.41) is 3.76. The van der Waals surface area contributed by atoms with E-state index in [0.29, 0.717) is 28.4 Å². The predicted molar refractivity (Wildman–Crippen MR) is 122 cm³/mol. The van der Waals surface area contributed by atoms with Gasteiger partial charge < -0.3 is 14.8 Å². The Hall–Kier alpha value is -3.38. The Labute approximate surface area is 182 Å². The van der Waals surface area contributed by atoms with Gasteiger partial charge in [0.1, 0.15) is 0 Å². The molecule has 0 aliphatic rings. The van der Waals surface area contributed by atoms with Gasteiger partial charge >= 0.3 is 0 Å². The van der Waals surface area contributed by atoms with Crippen molar-refractivity contribution in [3.8, 4) is 22.8 Å².